The first kappa shape index (κ1) is 12.5. The first-order chi connectivity index (χ1) is 9.72. The number of nitrogens with one attached hydrogen (secondary N) is 2. The van der Waals surface area contributed by atoms with Crippen molar-refractivity contribution >= 4 is 5.69 Å². The topological polar surface area (TPSA) is 53.9 Å². The second-order valence-corrected chi connectivity index (χ2v) is 4.54. The van der Waals surface area contributed by atoms with E-state index in [1.165, 1.54) is 12.1 Å². The van der Waals surface area contributed by atoms with Crippen molar-refractivity contribution in [2.24, 2.45) is 0 Å². The molecule has 3 aromatic rings. The fraction of sp³-hybridized carbons (Fsp3) is 0.133. The van der Waals surface area contributed by atoms with E-state index in [9.17, 15) is 4.39 Å². The summed E-state index contributed by atoms with van der Waals surface area (Å²) in [6, 6.07) is 10.2. The maximum absolute atomic E-state index is 13.1. The van der Waals surface area contributed by atoms with E-state index in [0.717, 1.165) is 28.5 Å². The van der Waals surface area contributed by atoms with Crippen molar-refractivity contribution in [3.63, 3.8) is 0 Å². The summed E-state index contributed by atoms with van der Waals surface area (Å²) in [6.45, 7) is 2.43. The average molecular weight is 271 g/mol. The molecule has 0 aliphatic heterocycles. The molecule has 0 unspecified atom stereocenters. The minimum absolute atomic E-state index is 0.260. The summed E-state index contributed by atoms with van der Waals surface area (Å²) >= 11 is 0. The van der Waals surface area contributed by atoms with Gasteiger partial charge in [-0.3, -0.25) is 5.10 Å². The Bertz CT molecular complexity index is 717. The van der Waals surface area contributed by atoms with E-state index >= 15 is 0 Å². The van der Waals surface area contributed by atoms with Gasteiger partial charge in [0.1, 0.15) is 17.3 Å². The minimum atomic E-state index is -0.260. The van der Waals surface area contributed by atoms with Crippen LogP contribution in [0.5, 0.6) is 0 Å². The standard InChI is InChI=1S/C15H14FN3O/c1-10-5-6-14(20-10)15-11(9-18-19-15)8-17-13-4-2-3-12(16)7-13/h2-7,9,17H,8H2,1H3,(H,18,19). The van der Waals surface area contributed by atoms with Crippen molar-refractivity contribution in [2.75, 3.05) is 5.32 Å². The molecule has 0 saturated heterocycles. The number of nitrogens with zero attached hydrogens (tertiary/aromatic N) is 1. The van der Waals surface area contributed by atoms with Crippen LogP contribution in [0, 0.1) is 12.7 Å². The molecular weight excluding hydrogens is 257 g/mol. The largest absolute Gasteiger partial charge is 0.460 e. The molecule has 0 atom stereocenters. The first-order valence-electron chi connectivity index (χ1n) is 6.31. The van der Waals surface area contributed by atoms with Crippen LogP contribution >= 0.6 is 0 Å². The molecule has 0 radical (unpaired) electrons. The third-order valence-electron chi connectivity index (χ3n) is 3.01. The lowest BCUT2D eigenvalue weighted by atomic mass is 10.2. The lowest BCUT2D eigenvalue weighted by molar-refractivity contribution is 0.545. The van der Waals surface area contributed by atoms with Gasteiger partial charge in [-0.25, -0.2) is 4.39 Å². The summed E-state index contributed by atoms with van der Waals surface area (Å²) in [5, 5.41) is 10.1. The van der Waals surface area contributed by atoms with Gasteiger partial charge in [-0.1, -0.05) is 6.07 Å². The lowest BCUT2D eigenvalue weighted by Crippen LogP contribution is -1.99. The molecule has 0 fully saturated rings. The van der Waals surface area contributed by atoms with Crippen LogP contribution in [0.2, 0.25) is 0 Å². The van der Waals surface area contributed by atoms with Crippen molar-refractivity contribution in [2.45, 2.75) is 13.5 Å². The van der Waals surface area contributed by atoms with Crippen molar-refractivity contribution < 1.29 is 8.81 Å². The van der Waals surface area contributed by atoms with Crippen LogP contribution in [-0.2, 0) is 6.54 Å². The van der Waals surface area contributed by atoms with E-state index in [-0.39, 0.29) is 5.82 Å². The van der Waals surface area contributed by atoms with Gasteiger partial charge >= 0.3 is 0 Å². The molecule has 0 aliphatic rings. The van der Waals surface area contributed by atoms with Gasteiger partial charge in [0.05, 0.1) is 6.20 Å². The molecule has 4 nitrogen and oxygen atoms in total. The fourth-order valence-electron chi connectivity index (χ4n) is 2.02. The smallest absolute Gasteiger partial charge is 0.152 e. The SMILES string of the molecule is Cc1ccc(-c2[nH]ncc2CNc2cccc(F)c2)o1. The number of aryl methyl sites for hydroxylation is 1. The van der Waals surface area contributed by atoms with E-state index in [0.29, 0.717) is 6.54 Å². The Labute approximate surface area is 115 Å². The number of furan rings is 1. The number of hydrogen-bond acceptors (Lipinski definition) is 3. The highest BCUT2D eigenvalue weighted by atomic mass is 19.1. The number of benzene rings is 1. The van der Waals surface area contributed by atoms with Gasteiger partial charge in [0.2, 0.25) is 0 Å². The van der Waals surface area contributed by atoms with Crippen LogP contribution in [0.15, 0.2) is 47.0 Å². The van der Waals surface area contributed by atoms with Crippen LogP contribution in [0.4, 0.5) is 10.1 Å². The van der Waals surface area contributed by atoms with Crippen LogP contribution in [0.1, 0.15) is 11.3 Å². The van der Waals surface area contributed by atoms with Crippen LogP contribution in [0.25, 0.3) is 11.5 Å². The maximum atomic E-state index is 13.1. The van der Waals surface area contributed by atoms with E-state index in [2.05, 4.69) is 15.5 Å². The summed E-state index contributed by atoms with van der Waals surface area (Å²) < 4.78 is 18.7. The van der Waals surface area contributed by atoms with Crippen LogP contribution < -0.4 is 5.32 Å². The third kappa shape index (κ3) is 2.56. The molecule has 2 heterocycles. The minimum Gasteiger partial charge on any atom is -0.460 e. The van der Waals surface area contributed by atoms with Crippen LogP contribution in [-0.4, -0.2) is 10.2 Å². The molecule has 2 N–H and O–H groups in total. The predicted molar refractivity (Wildman–Crippen MR) is 74.8 cm³/mol. The summed E-state index contributed by atoms with van der Waals surface area (Å²) in [5.74, 6) is 1.33. The summed E-state index contributed by atoms with van der Waals surface area (Å²) in [6.07, 6.45) is 1.74. The zero-order valence-corrected chi connectivity index (χ0v) is 11.0. The molecule has 3 rings (SSSR count). The molecule has 0 aliphatic carbocycles. The van der Waals surface area contributed by atoms with E-state index in [1.54, 1.807) is 12.3 Å². The highest BCUT2D eigenvalue weighted by Crippen LogP contribution is 2.24. The van der Waals surface area contributed by atoms with E-state index < -0.39 is 0 Å². The number of H-pyrrole nitrogens is 1. The van der Waals surface area contributed by atoms with Crippen molar-refractivity contribution in [3.05, 3.63) is 59.7 Å². The van der Waals surface area contributed by atoms with Crippen molar-refractivity contribution in [1.82, 2.24) is 10.2 Å². The molecule has 102 valence electrons. The fourth-order valence-corrected chi connectivity index (χ4v) is 2.02. The Kier molecular flexibility index (Phi) is 3.25. The Morgan fingerprint density at radius 2 is 2.20 bits per heavy atom. The van der Waals surface area contributed by atoms with Gasteiger partial charge in [0.25, 0.3) is 0 Å². The Morgan fingerprint density at radius 3 is 2.95 bits per heavy atom. The molecule has 2 aromatic heterocycles. The monoisotopic (exact) mass is 271 g/mol. The Hall–Kier alpha value is -2.56. The average Bonchev–Trinajstić information content (AvgIpc) is 3.04. The summed E-state index contributed by atoms with van der Waals surface area (Å²) in [7, 11) is 0. The van der Waals surface area contributed by atoms with Crippen molar-refractivity contribution in [1.29, 1.82) is 0 Å². The van der Waals surface area contributed by atoms with Gasteiger partial charge < -0.3 is 9.73 Å². The Morgan fingerprint density at radius 1 is 1.30 bits per heavy atom. The van der Waals surface area contributed by atoms with Gasteiger partial charge in [0, 0.05) is 17.8 Å². The molecule has 1 aromatic carbocycles. The maximum Gasteiger partial charge on any atom is 0.152 e. The summed E-state index contributed by atoms with van der Waals surface area (Å²) in [5.41, 5.74) is 2.53. The van der Waals surface area contributed by atoms with Gasteiger partial charge in [-0.05, 0) is 37.3 Å². The van der Waals surface area contributed by atoms with E-state index in [1.807, 2.05) is 25.1 Å². The third-order valence-corrected chi connectivity index (χ3v) is 3.01. The molecule has 5 heteroatoms. The quantitative estimate of drug-likeness (QED) is 0.760. The zero-order valence-electron chi connectivity index (χ0n) is 11.0. The number of halogens is 1. The second-order valence-electron chi connectivity index (χ2n) is 4.54. The van der Waals surface area contributed by atoms with Gasteiger partial charge in [-0.2, -0.15) is 5.10 Å². The number of anilines is 1. The molecule has 0 saturated carbocycles. The lowest BCUT2D eigenvalue weighted by Gasteiger charge is -2.06. The van der Waals surface area contributed by atoms with Gasteiger partial charge in [0.15, 0.2) is 5.76 Å². The van der Waals surface area contributed by atoms with Crippen LogP contribution in [0.3, 0.4) is 0 Å². The molecule has 20 heavy (non-hydrogen) atoms. The first-order valence-corrected chi connectivity index (χ1v) is 6.31. The zero-order chi connectivity index (χ0) is 13.9. The molecular formula is C15H14FN3O. The number of rotatable bonds is 4. The number of aromatic nitrogens is 2. The number of hydrogen-bond donors (Lipinski definition) is 2. The number of aromatic amines is 1. The molecule has 0 bridgehead atoms. The highest BCUT2D eigenvalue weighted by molar-refractivity contribution is 5.57. The van der Waals surface area contributed by atoms with Gasteiger partial charge in [-0.15, -0.1) is 0 Å². The van der Waals surface area contributed by atoms with E-state index in [4.69, 9.17) is 4.42 Å². The van der Waals surface area contributed by atoms with Crippen molar-refractivity contribution in [3.8, 4) is 11.5 Å². The normalized spacial score (nSPS) is 10.7. The predicted octanol–water partition coefficient (Wildman–Crippen LogP) is 3.73. The highest BCUT2D eigenvalue weighted by Gasteiger charge is 2.10. The Balaban J connectivity index is 1.77. The molecule has 0 amide bonds. The summed E-state index contributed by atoms with van der Waals surface area (Å²) in [4.78, 5) is 0. The second kappa shape index (κ2) is 5.21. The molecule has 0 spiro atoms.